The summed E-state index contributed by atoms with van der Waals surface area (Å²) in [4.78, 5) is 31.9. The molecule has 0 N–H and O–H groups in total. The second-order valence-corrected chi connectivity index (χ2v) is 10.7. The maximum Gasteiger partial charge on any atom is 0.338 e. The number of aromatic nitrogens is 1. The summed E-state index contributed by atoms with van der Waals surface area (Å²) in [5.74, 6) is 1.26. The first kappa shape index (κ1) is 26.2. The maximum atomic E-state index is 13.8. The zero-order chi connectivity index (χ0) is 27.0. The first-order valence-electron chi connectivity index (χ1n) is 11.7. The van der Waals surface area contributed by atoms with Crippen molar-refractivity contribution in [2.75, 3.05) is 13.7 Å². The number of allylic oxidation sites excluding steroid dienone is 1. The molecule has 2 aromatic carbocycles. The number of hydrogen-bond acceptors (Lipinski definition) is 7. The van der Waals surface area contributed by atoms with Crippen LogP contribution in [-0.4, -0.2) is 24.3 Å². The van der Waals surface area contributed by atoms with E-state index >= 15 is 0 Å². The summed E-state index contributed by atoms with van der Waals surface area (Å²) in [6.07, 6.45) is 1.68. The number of halogens is 2. The summed E-state index contributed by atoms with van der Waals surface area (Å²) in [5.41, 5.74) is 2.06. The Bertz CT molecular complexity index is 1770. The van der Waals surface area contributed by atoms with E-state index in [9.17, 15) is 9.59 Å². The molecule has 3 heterocycles. The van der Waals surface area contributed by atoms with Gasteiger partial charge in [0.05, 0.1) is 40.0 Å². The minimum Gasteiger partial charge on any atom is -0.496 e. The number of nitrogens with zero attached hydrogens (tertiary/aromatic N) is 2. The van der Waals surface area contributed by atoms with Crippen LogP contribution in [0.5, 0.6) is 5.75 Å². The van der Waals surface area contributed by atoms with E-state index in [1.165, 1.54) is 15.9 Å². The molecule has 0 spiro atoms. The van der Waals surface area contributed by atoms with Crippen molar-refractivity contribution < 1.29 is 18.7 Å². The van der Waals surface area contributed by atoms with Crippen LogP contribution < -0.4 is 19.6 Å². The molecule has 1 aliphatic heterocycles. The summed E-state index contributed by atoms with van der Waals surface area (Å²) >= 11 is 10.9. The van der Waals surface area contributed by atoms with E-state index in [0.29, 0.717) is 52.9 Å². The SMILES string of the molecule is CCOC(=O)C1=C(C)N=c2s/c(=C/c3ccc(-c4cccc(Cl)c4)o3)c(=O)n2[C@H]1c1ccc(OC)c(Br)c1. The number of carbonyl (C=O) groups is 1. The monoisotopic (exact) mass is 612 g/mol. The molecule has 7 nitrogen and oxygen atoms in total. The Hall–Kier alpha value is -3.40. The highest BCUT2D eigenvalue weighted by Gasteiger charge is 2.33. The molecular formula is C28H22BrClN2O5S. The molecule has 0 radical (unpaired) electrons. The van der Waals surface area contributed by atoms with E-state index < -0.39 is 12.0 Å². The second-order valence-electron chi connectivity index (χ2n) is 8.41. The van der Waals surface area contributed by atoms with Crippen molar-refractivity contribution in [1.82, 2.24) is 4.57 Å². The van der Waals surface area contributed by atoms with E-state index in [4.69, 9.17) is 25.5 Å². The maximum absolute atomic E-state index is 13.8. The van der Waals surface area contributed by atoms with Gasteiger partial charge in [0.1, 0.15) is 17.3 Å². The first-order valence-corrected chi connectivity index (χ1v) is 13.7. The molecule has 38 heavy (non-hydrogen) atoms. The average molecular weight is 614 g/mol. The highest BCUT2D eigenvalue weighted by atomic mass is 79.9. The lowest BCUT2D eigenvalue weighted by atomic mass is 9.96. The molecule has 194 valence electrons. The number of rotatable bonds is 6. The van der Waals surface area contributed by atoms with Gasteiger partial charge in [0.25, 0.3) is 5.56 Å². The third-order valence-electron chi connectivity index (χ3n) is 6.02. The van der Waals surface area contributed by atoms with Gasteiger partial charge in [-0.05, 0) is 71.7 Å². The number of hydrogen-bond donors (Lipinski definition) is 0. The van der Waals surface area contributed by atoms with Gasteiger partial charge >= 0.3 is 5.97 Å². The molecule has 1 atom stereocenters. The van der Waals surface area contributed by atoms with Crippen molar-refractivity contribution in [3.8, 4) is 17.1 Å². The van der Waals surface area contributed by atoms with Crippen LogP contribution in [0.15, 0.2) is 84.5 Å². The highest BCUT2D eigenvalue weighted by molar-refractivity contribution is 9.10. The van der Waals surface area contributed by atoms with Crippen molar-refractivity contribution in [2.24, 2.45) is 4.99 Å². The Kier molecular flexibility index (Phi) is 7.43. The van der Waals surface area contributed by atoms with Crippen LogP contribution in [0.4, 0.5) is 0 Å². The molecule has 1 aliphatic rings. The summed E-state index contributed by atoms with van der Waals surface area (Å²) in [7, 11) is 1.57. The van der Waals surface area contributed by atoms with E-state index in [1.54, 1.807) is 45.2 Å². The third-order valence-corrected chi connectivity index (χ3v) is 7.86. The van der Waals surface area contributed by atoms with Gasteiger partial charge in [-0.15, -0.1) is 0 Å². The fourth-order valence-electron chi connectivity index (χ4n) is 4.32. The summed E-state index contributed by atoms with van der Waals surface area (Å²) in [6, 6.07) is 15.7. The fourth-order valence-corrected chi connectivity index (χ4v) is 6.09. The molecule has 0 amide bonds. The lowest BCUT2D eigenvalue weighted by Crippen LogP contribution is -2.39. The van der Waals surface area contributed by atoms with Crippen molar-refractivity contribution in [3.63, 3.8) is 0 Å². The summed E-state index contributed by atoms with van der Waals surface area (Å²) < 4.78 is 19.4. The number of esters is 1. The first-order chi connectivity index (χ1) is 18.3. The predicted octanol–water partition coefficient (Wildman–Crippen LogP) is 5.48. The molecule has 0 saturated heterocycles. The number of carbonyl (C=O) groups excluding carboxylic acids is 1. The topological polar surface area (TPSA) is 83.0 Å². The van der Waals surface area contributed by atoms with Crippen LogP contribution in [0.1, 0.15) is 31.2 Å². The summed E-state index contributed by atoms with van der Waals surface area (Å²) in [6.45, 7) is 3.69. The van der Waals surface area contributed by atoms with Gasteiger partial charge in [-0.2, -0.15) is 0 Å². The van der Waals surface area contributed by atoms with E-state index in [0.717, 1.165) is 5.56 Å². The van der Waals surface area contributed by atoms with Gasteiger partial charge in [-0.25, -0.2) is 9.79 Å². The number of methoxy groups -OCH3 is 1. The minimum atomic E-state index is -0.728. The third kappa shape index (κ3) is 4.89. The van der Waals surface area contributed by atoms with Gasteiger partial charge < -0.3 is 13.9 Å². The molecule has 10 heteroatoms. The van der Waals surface area contributed by atoms with Gasteiger partial charge in [0, 0.05) is 16.7 Å². The molecule has 2 aromatic heterocycles. The Morgan fingerprint density at radius 1 is 1.24 bits per heavy atom. The standard InChI is InChI=1S/C28H22BrClN2O5S/c1-4-36-27(34)24-15(2)31-28-32(25(24)17-8-10-22(35-3)20(29)13-17)26(33)23(38-28)14-19-9-11-21(37-19)16-6-5-7-18(30)12-16/h5-14,25H,4H2,1-3H3/b23-14+/t25-/m0/s1. The van der Waals surface area contributed by atoms with E-state index in [2.05, 4.69) is 20.9 Å². The molecule has 4 aromatic rings. The Balaban J connectivity index is 1.65. The van der Waals surface area contributed by atoms with Gasteiger partial charge in [-0.1, -0.05) is 41.1 Å². The Labute approximate surface area is 235 Å². The lowest BCUT2D eigenvalue weighted by molar-refractivity contribution is -0.139. The number of furan rings is 1. The lowest BCUT2D eigenvalue weighted by Gasteiger charge is -2.25. The predicted molar refractivity (Wildman–Crippen MR) is 150 cm³/mol. The molecule has 0 unspecified atom stereocenters. The fraction of sp³-hybridized carbons (Fsp3) is 0.179. The van der Waals surface area contributed by atoms with Crippen LogP contribution >= 0.6 is 38.9 Å². The largest absolute Gasteiger partial charge is 0.496 e. The van der Waals surface area contributed by atoms with Crippen molar-refractivity contribution >= 4 is 50.9 Å². The van der Waals surface area contributed by atoms with Crippen LogP contribution in [0.3, 0.4) is 0 Å². The zero-order valence-electron chi connectivity index (χ0n) is 20.7. The van der Waals surface area contributed by atoms with E-state index in [1.807, 2.05) is 36.4 Å². The zero-order valence-corrected chi connectivity index (χ0v) is 23.8. The van der Waals surface area contributed by atoms with Crippen molar-refractivity contribution in [3.05, 3.63) is 106 Å². The van der Waals surface area contributed by atoms with Gasteiger partial charge in [0.15, 0.2) is 4.80 Å². The Morgan fingerprint density at radius 3 is 2.76 bits per heavy atom. The van der Waals surface area contributed by atoms with Crippen molar-refractivity contribution in [2.45, 2.75) is 19.9 Å². The summed E-state index contributed by atoms with van der Waals surface area (Å²) in [5, 5.41) is 0.603. The molecule has 0 saturated carbocycles. The molecule has 0 fully saturated rings. The number of fused-ring (bicyclic) bond motifs is 1. The van der Waals surface area contributed by atoms with Crippen LogP contribution in [0.25, 0.3) is 17.4 Å². The normalized spacial score (nSPS) is 15.3. The Morgan fingerprint density at radius 2 is 2.05 bits per heavy atom. The van der Waals surface area contributed by atoms with E-state index in [-0.39, 0.29) is 12.2 Å². The molecule has 0 aliphatic carbocycles. The van der Waals surface area contributed by atoms with Gasteiger partial charge in [-0.3, -0.25) is 9.36 Å². The van der Waals surface area contributed by atoms with Crippen LogP contribution in [0, 0.1) is 0 Å². The van der Waals surface area contributed by atoms with Crippen LogP contribution in [0.2, 0.25) is 5.02 Å². The molecular weight excluding hydrogens is 592 g/mol. The smallest absolute Gasteiger partial charge is 0.338 e. The highest BCUT2D eigenvalue weighted by Crippen LogP contribution is 2.35. The number of thiazole rings is 1. The quantitative estimate of drug-likeness (QED) is 0.269. The molecule has 0 bridgehead atoms. The number of benzene rings is 2. The van der Waals surface area contributed by atoms with Gasteiger partial charge in [0.2, 0.25) is 0 Å². The average Bonchev–Trinajstić information content (AvgIpc) is 3.48. The van der Waals surface area contributed by atoms with Crippen LogP contribution in [-0.2, 0) is 9.53 Å². The number of ether oxygens (including phenoxy) is 2. The molecule has 5 rings (SSSR count). The minimum absolute atomic E-state index is 0.201. The second kappa shape index (κ2) is 10.8. The van der Waals surface area contributed by atoms with Crippen molar-refractivity contribution in [1.29, 1.82) is 0 Å².